The highest BCUT2D eigenvalue weighted by Crippen LogP contribution is 2.01. The molecule has 0 aromatic rings. The van der Waals surface area contributed by atoms with Gasteiger partial charge in [-0.1, -0.05) is 9.60 Å². The lowest BCUT2D eigenvalue weighted by Crippen LogP contribution is -2.25. The lowest BCUT2D eigenvalue weighted by atomic mass is 11.0. The molecule has 0 saturated carbocycles. The van der Waals surface area contributed by atoms with Crippen molar-refractivity contribution in [3.05, 3.63) is 0 Å². The first kappa shape index (κ1) is 7.06. The number of alkyl halides is 2. The third-order valence-corrected chi connectivity index (χ3v) is 0.354. The standard InChI is InChI=1S/C2H2F3NO2/c3-1(4)6(5)2(7)8/h1H,(H,7,8). The summed E-state index contributed by atoms with van der Waals surface area (Å²) in [6.45, 7) is -3.59. The minimum Gasteiger partial charge on any atom is -0.463 e. The highest BCUT2D eigenvalue weighted by molar-refractivity contribution is 5.63. The SMILES string of the molecule is O=C(O)N(F)C(F)F. The second-order valence-corrected chi connectivity index (χ2v) is 0.871. The van der Waals surface area contributed by atoms with Crippen molar-refractivity contribution in [3.8, 4) is 0 Å². The molecule has 0 fully saturated rings. The van der Waals surface area contributed by atoms with Crippen molar-refractivity contribution < 1.29 is 23.2 Å². The van der Waals surface area contributed by atoms with Crippen LogP contribution in [0.5, 0.6) is 0 Å². The third kappa shape index (κ3) is 1.67. The zero-order valence-corrected chi connectivity index (χ0v) is 3.51. The molecule has 0 aliphatic heterocycles. The normalized spacial score (nSPS) is 9.50. The monoisotopic (exact) mass is 129 g/mol. The maximum Gasteiger partial charge on any atom is 0.440 e. The number of amides is 1. The minimum absolute atomic E-state index is 1.58. The Bertz CT molecular complexity index is 95.3. The van der Waals surface area contributed by atoms with Crippen molar-refractivity contribution in [3.63, 3.8) is 0 Å². The van der Waals surface area contributed by atoms with Gasteiger partial charge in [-0.2, -0.15) is 8.78 Å². The van der Waals surface area contributed by atoms with Crippen molar-refractivity contribution in [1.29, 1.82) is 0 Å². The predicted molar refractivity (Wildman–Crippen MR) is 17.0 cm³/mol. The van der Waals surface area contributed by atoms with Gasteiger partial charge < -0.3 is 5.11 Å². The van der Waals surface area contributed by atoms with Crippen LogP contribution in [0.25, 0.3) is 0 Å². The molecule has 0 aliphatic rings. The highest BCUT2D eigenvalue weighted by atomic mass is 19.3. The summed E-state index contributed by atoms with van der Waals surface area (Å²) in [5, 5.41) is 5.84. The van der Waals surface area contributed by atoms with Crippen molar-refractivity contribution in [2.45, 2.75) is 6.55 Å². The zero-order valence-electron chi connectivity index (χ0n) is 3.51. The summed E-state index contributed by atoms with van der Waals surface area (Å²) in [5.41, 5.74) is 0. The van der Waals surface area contributed by atoms with E-state index in [-0.39, 0.29) is 0 Å². The Balaban J connectivity index is 3.64. The molecule has 8 heavy (non-hydrogen) atoms. The fourth-order valence-electron chi connectivity index (χ4n) is 0.0835. The Kier molecular flexibility index (Phi) is 2.11. The maximum absolute atomic E-state index is 11.1. The molecular formula is C2H2F3NO2. The predicted octanol–water partition coefficient (Wildman–Crippen LogP) is 1.07. The van der Waals surface area contributed by atoms with E-state index >= 15 is 0 Å². The molecular weight excluding hydrogens is 127 g/mol. The van der Waals surface area contributed by atoms with Gasteiger partial charge in [-0.05, 0) is 0 Å². The Hall–Kier alpha value is -0.940. The summed E-state index contributed by atoms with van der Waals surface area (Å²) in [6, 6.07) is 0. The minimum atomic E-state index is -3.59. The first-order valence-corrected chi connectivity index (χ1v) is 1.52. The number of rotatable bonds is 1. The average molecular weight is 129 g/mol. The molecule has 0 rings (SSSR count). The molecule has 0 aromatic heterocycles. The van der Waals surface area contributed by atoms with Gasteiger partial charge in [0.1, 0.15) is 0 Å². The molecule has 0 unspecified atom stereocenters. The Morgan fingerprint density at radius 2 is 2.00 bits per heavy atom. The van der Waals surface area contributed by atoms with Gasteiger partial charge in [0.2, 0.25) is 0 Å². The first-order valence-electron chi connectivity index (χ1n) is 1.52. The molecule has 0 saturated heterocycles. The van der Waals surface area contributed by atoms with Gasteiger partial charge in [0.05, 0.1) is 0 Å². The lowest BCUT2D eigenvalue weighted by molar-refractivity contribution is -0.118. The quantitative estimate of drug-likeness (QED) is 0.425. The average Bonchev–Trinajstić information content (AvgIpc) is 1.64. The van der Waals surface area contributed by atoms with Crippen LogP contribution in [0.4, 0.5) is 18.1 Å². The Morgan fingerprint density at radius 3 is 2.00 bits per heavy atom. The van der Waals surface area contributed by atoms with E-state index in [1.807, 2.05) is 0 Å². The van der Waals surface area contributed by atoms with Crippen LogP contribution in [0.1, 0.15) is 0 Å². The summed E-state index contributed by atoms with van der Waals surface area (Å²) in [7, 11) is 0. The van der Waals surface area contributed by atoms with E-state index in [0.29, 0.717) is 0 Å². The van der Waals surface area contributed by atoms with Crippen LogP contribution in [0.2, 0.25) is 0 Å². The molecule has 0 radical (unpaired) electrons. The molecule has 3 nitrogen and oxygen atoms in total. The molecule has 0 aromatic carbocycles. The van der Waals surface area contributed by atoms with Crippen molar-refractivity contribution >= 4 is 6.09 Å². The molecule has 0 aliphatic carbocycles. The van der Waals surface area contributed by atoms with Gasteiger partial charge in [-0.3, -0.25) is 0 Å². The first-order chi connectivity index (χ1) is 3.55. The molecule has 0 atom stereocenters. The number of nitrogens with zero attached hydrogens (tertiary/aromatic N) is 1. The summed E-state index contributed by atoms with van der Waals surface area (Å²) < 4.78 is 32.8. The number of hydrogen-bond donors (Lipinski definition) is 1. The summed E-state index contributed by atoms with van der Waals surface area (Å²) >= 11 is 0. The molecule has 1 N–H and O–H groups in total. The van der Waals surface area contributed by atoms with E-state index in [0.717, 1.165) is 0 Å². The number of carboxylic acid groups (broad SMARTS) is 1. The molecule has 48 valence electrons. The van der Waals surface area contributed by atoms with Crippen LogP contribution >= 0.6 is 0 Å². The highest BCUT2D eigenvalue weighted by Gasteiger charge is 2.20. The summed E-state index contributed by atoms with van der Waals surface area (Å²) in [6.07, 6.45) is -2.29. The summed E-state index contributed by atoms with van der Waals surface area (Å²) in [4.78, 5) is 9.21. The topological polar surface area (TPSA) is 40.5 Å². The number of hydrogen-bond acceptors (Lipinski definition) is 1. The van der Waals surface area contributed by atoms with E-state index in [1.165, 1.54) is 0 Å². The third-order valence-electron chi connectivity index (χ3n) is 0.354. The van der Waals surface area contributed by atoms with Gasteiger partial charge in [0, 0.05) is 0 Å². The van der Waals surface area contributed by atoms with Crippen LogP contribution in [-0.4, -0.2) is 22.9 Å². The fourth-order valence-corrected chi connectivity index (χ4v) is 0.0835. The van der Waals surface area contributed by atoms with Gasteiger partial charge in [0.25, 0.3) is 0 Å². The zero-order chi connectivity index (χ0) is 6.73. The number of halogens is 3. The molecule has 0 bridgehead atoms. The van der Waals surface area contributed by atoms with Crippen molar-refractivity contribution in [1.82, 2.24) is 5.12 Å². The van der Waals surface area contributed by atoms with Crippen LogP contribution in [-0.2, 0) is 0 Å². The van der Waals surface area contributed by atoms with E-state index in [9.17, 15) is 18.1 Å². The van der Waals surface area contributed by atoms with E-state index in [1.54, 1.807) is 0 Å². The molecule has 0 heterocycles. The molecule has 6 heteroatoms. The second-order valence-electron chi connectivity index (χ2n) is 0.871. The van der Waals surface area contributed by atoms with E-state index in [2.05, 4.69) is 0 Å². The van der Waals surface area contributed by atoms with Crippen LogP contribution in [0.3, 0.4) is 0 Å². The van der Waals surface area contributed by atoms with Crippen molar-refractivity contribution in [2.24, 2.45) is 0 Å². The molecule has 1 amide bonds. The van der Waals surface area contributed by atoms with Gasteiger partial charge in [0.15, 0.2) is 0 Å². The van der Waals surface area contributed by atoms with Gasteiger partial charge in [-0.25, -0.2) is 4.79 Å². The number of carbonyl (C=O) groups is 1. The van der Waals surface area contributed by atoms with Gasteiger partial charge >= 0.3 is 12.6 Å². The van der Waals surface area contributed by atoms with Crippen LogP contribution < -0.4 is 0 Å². The van der Waals surface area contributed by atoms with E-state index in [4.69, 9.17) is 5.11 Å². The van der Waals surface area contributed by atoms with E-state index < -0.39 is 17.8 Å². The fraction of sp³-hybridized carbons (Fsp3) is 0.500. The second kappa shape index (κ2) is 2.39. The van der Waals surface area contributed by atoms with Crippen LogP contribution in [0, 0.1) is 0 Å². The van der Waals surface area contributed by atoms with Gasteiger partial charge in [-0.15, -0.1) is 0 Å². The largest absolute Gasteiger partial charge is 0.463 e. The summed E-state index contributed by atoms with van der Waals surface area (Å²) in [5.74, 6) is 0. The van der Waals surface area contributed by atoms with Crippen molar-refractivity contribution in [2.75, 3.05) is 0 Å². The lowest BCUT2D eigenvalue weighted by Gasteiger charge is -2.02. The molecule has 0 spiro atoms. The maximum atomic E-state index is 11.1. The van der Waals surface area contributed by atoms with Crippen LogP contribution in [0.15, 0.2) is 0 Å². The smallest absolute Gasteiger partial charge is 0.440 e. The Labute approximate surface area is 42.3 Å². The Morgan fingerprint density at radius 1 is 1.62 bits per heavy atom.